The van der Waals surface area contributed by atoms with Crippen LogP contribution < -0.4 is 9.75 Å². The highest BCUT2D eigenvalue weighted by Gasteiger charge is 2.20. The Labute approximate surface area is 88.8 Å². The van der Waals surface area contributed by atoms with Gasteiger partial charge in [0.1, 0.15) is 7.05 Å². The number of rotatable bonds is 2. The molecule has 1 aromatic rings. The minimum absolute atomic E-state index is 0.608. The van der Waals surface area contributed by atoms with Gasteiger partial charge in [-0.1, -0.05) is 33.5 Å². The van der Waals surface area contributed by atoms with Crippen LogP contribution in [-0.2, 0) is 7.05 Å². The molecule has 0 spiro atoms. The Morgan fingerprint density at radius 3 is 2.21 bits per heavy atom. The molecule has 0 fully saturated rings. The molecule has 0 saturated carbocycles. The maximum absolute atomic E-state index is 2.40. The van der Waals surface area contributed by atoms with Gasteiger partial charge in [-0.05, 0) is 5.19 Å². The second-order valence-corrected chi connectivity index (χ2v) is 10.4. The molecule has 1 heterocycles. The lowest BCUT2D eigenvalue weighted by molar-refractivity contribution is -0.680. The topological polar surface area (TPSA) is 3.88 Å². The van der Waals surface area contributed by atoms with Crippen LogP contribution in [0.25, 0.3) is 0 Å². The maximum atomic E-state index is 2.40. The van der Waals surface area contributed by atoms with Crippen molar-refractivity contribution in [3.63, 3.8) is 0 Å². The molecule has 1 nitrogen and oxygen atoms in total. The predicted octanol–water partition coefficient (Wildman–Crippen LogP) is 2.18. The summed E-state index contributed by atoms with van der Waals surface area (Å²) in [6.07, 6.45) is 2.20. The van der Waals surface area contributed by atoms with Crippen molar-refractivity contribution in [2.75, 3.05) is 0 Å². The van der Waals surface area contributed by atoms with Crippen molar-refractivity contribution < 1.29 is 4.57 Å². The fourth-order valence-corrected chi connectivity index (χ4v) is 2.78. The van der Waals surface area contributed by atoms with Crippen LogP contribution in [0.3, 0.4) is 0 Å². The molecule has 0 aliphatic rings. The summed E-state index contributed by atoms with van der Waals surface area (Å²) >= 11 is 0. The molecule has 78 valence electrons. The lowest BCUT2D eigenvalue weighted by Crippen LogP contribution is -2.43. The number of hydrogen-bond acceptors (Lipinski definition) is 0. The number of nitrogens with zero attached hydrogens (tertiary/aromatic N) is 1. The minimum Gasteiger partial charge on any atom is -0.205 e. The van der Waals surface area contributed by atoms with E-state index in [1.54, 1.807) is 5.19 Å². The number of aromatic nitrogens is 1. The Morgan fingerprint density at radius 1 is 1.21 bits per heavy atom. The summed E-state index contributed by atoms with van der Waals surface area (Å²) in [6.45, 7) is 11.7. The first kappa shape index (κ1) is 11.4. The van der Waals surface area contributed by atoms with Crippen LogP contribution in [0.1, 0.15) is 25.5 Å². The molecule has 0 bridgehead atoms. The van der Waals surface area contributed by atoms with Gasteiger partial charge in [0.2, 0.25) is 0 Å². The predicted molar refractivity (Wildman–Crippen MR) is 64.7 cm³/mol. The SMILES string of the molecule is CC(C)c1cc([Si](C)(C)C)cc[n+]1C. The van der Waals surface area contributed by atoms with Crippen LogP contribution in [0.5, 0.6) is 0 Å². The lowest BCUT2D eigenvalue weighted by Gasteiger charge is -2.17. The third kappa shape index (κ3) is 2.44. The first-order valence-corrected chi connectivity index (χ1v) is 8.82. The van der Waals surface area contributed by atoms with Crippen LogP contribution >= 0.6 is 0 Å². The van der Waals surface area contributed by atoms with Crippen molar-refractivity contribution in [1.82, 2.24) is 0 Å². The minimum atomic E-state index is -1.15. The average Bonchev–Trinajstić information content (AvgIpc) is 2.02. The van der Waals surface area contributed by atoms with E-state index in [-0.39, 0.29) is 0 Å². The smallest absolute Gasteiger partial charge is 0.183 e. The first-order chi connectivity index (χ1) is 6.32. The molecular formula is C12H22NSi+. The van der Waals surface area contributed by atoms with E-state index in [0.29, 0.717) is 5.92 Å². The van der Waals surface area contributed by atoms with Gasteiger partial charge in [0.15, 0.2) is 11.9 Å². The highest BCUT2D eigenvalue weighted by atomic mass is 28.3. The fraction of sp³-hybridized carbons (Fsp3) is 0.583. The maximum Gasteiger partial charge on any atom is 0.183 e. The molecular weight excluding hydrogens is 186 g/mol. The van der Waals surface area contributed by atoms with Gasteiger partial charge in [0, 0.05) is 18.1 Å². The van der Waals surface area contributed by atoms with E-state index in [0.717, 1.165) is 0 Å². The molecule has 0 unspecified atom stereocenters. The van der Waals surface area contributed by atoms with Gasteiger partial charge in [-0.2, -0.15) is 0 Å². The summed E-state index contributed by atoms with van der Waals surface area (Å²) in [5.74, 6) is 0.608. The van der Waals surface area contributed by atoms with E-state index < -0.39 is 8.07 Å². The third-order valence-electron chi connectivity index (χ3n) is 2.65. The van der Waals surface area contributed by atoms with Gasteiger partial charge < -0.3 is 0 Å². The summed E-state index contributed by atoms with van der Waals surface area (Å²) in [6, 6.07) is 4.66. The van der Waals surface area contributed by atoms with E-state index in [9.17, 15) is 0 Å². The zero-order valence-corrected chi connectivity index (χ0v) is 11.3. The second-order valence-electron chi connectivity index (χ2n) is 5.36. The molecule has 0 N–H and O–H groups in total. The van der Waals surface area contributed by atoms with Crippen LogP contribution in [-0.4, -0.2) is 8.07 Å². The molecule has 0 radical (unpaired) electrons. The van der Waals surface area contributed by atoms with E-state index in [1.165, 1.54) is 5.69 Å². The van der Waals surface area contributed by atoms with Gasteiger partial charge in [0.05, 0.1) is 8.07 Å². The lowest BCUT2D eigenvalue weighted by atomic mass is 10.1. The van der Waals surface area contributed by atoms with Gasteiger partial charge >= 0.3 is 0 Å². The van der Waals surface area contributed by atoms with E-state index in [4.69, 9.17) is 0 Å². The van der Waals surface area contributed by atoms with Crippen LogP contribution in [0.4, 0.5) is 0 Å². The summed E-state index contributed by atoms with van der Waals surface area (Å²) in [5, 5.41) is 1.55. The number of aryl methyl sites for hydroxylation is 1. The molecule has 1 aromatic heterocycles. The molecule has 0 aliphatic heterocycles. The molecule has 0 amide bonds. The van der Waals surface area contributed by atoms with Gasteiger partial charge in [0.25, 0.3) is 0 Å². The standard InChI is InChI=1S/C12H22NSi/c1-10(2)12-9-11(14(4,5)6)7-8-13(12)3/h7-10H,1-6H3/q+1. The van der Waals surface area contributed by atoms with Crippen LogP contribution in [0.2, 0.25) is 19.6 Å². The summed E-state index contributed by atoms with van der Waals surface area (Å²) in [5.41, 5.74) is 1.44. The Bertz CT molecular complexity index is 324. The van der Waals surface area contributed by atoms with Crippen molar-refractivity contribution in [2.45, 2.75) is 39.4 Å². The molecule has 0 saturated heterocycles. The molecule has 1 rings (SSSR count). The summed E-state index contributed by atoms with van der Waals surface area (Å²) in [4.78, 5) is 0. The normalized spacial score (nSPS) is 12.2. The van der Waals surface area contributed by atoms with Crippen molar-refractivity contribution in [2.24, 2.45) is 7.05 Å². The molecule has 0 aliphatic carbocycles. The Morgan fingerprint density at radius 2 is 1.79 bits per heavy atom. The van der Waals surface area contributed by atoms with Crippen molar-refractivity contribution in [3.05, 3.63) is 24.0 Å². The zero-order chi connectivity index (χ0) is 10.9. The Balaban J connectivity index is 3.20. The molecule has 0 aromatic carbocycles. The fourth-order valence-electron chi connectivity index (χ4n) is 1.63. The van der Waals surface area contributed by atoms with E-state index in [2.05, 4.69) is 63.4 Å². The van der Waals surface area contributed by atoms with Crippen molar-refractivity contribution in [1.29, 1.82) is 0 Å². The van der Waals surface area contributed by atoms with E-state index >= 15 is 0 Å². The highest BCUT2D eigenvalue weighted by molar-refractivity contribution is 6.88. The average molecular weight is 208 g/mol. The zero-order valence-electron chi connectivity index (χ0n) is 10.3. The first-order valence-electron chi connectivity index (χ1n) is 5.32. The Hall–Kier alpha value is -0.633. The molecule has 2 heteroatoms. The monoisotopic (exact) mass is 208 g/mol. The van der Waals surface area contributed by atoms with Gasteiger partial charge in [-0.15, -0.1) is 0 Å². The number of hydrogen-bond donors (Lipinski definition) is 0. The van der Waals surface area contributed by atoms with Gasteiger partial charge in [-0.25, -0.2) is 4.57 Å². The summed E-state index contributed by atoms with van der Waals surface area (Å²) < 4.78 is 2.23. The summed E-state index contributed by atoms with van der Waals surface area (Å²) in [7, 11) is 0.981. The quantitative estimate of drug-likeness (QED) is 0.518. The van der Waals surface area contributed by atoms with Crippen molar-refractivity contribution >= 4 is 13.3 Å². The van der Waals surface area contributed by atoms with Crippen LogP contribution in [0.15, 0.2) is 18.3 Å². The Kier molecular flexibility index (Phi) is 3.15. The van der Waals surface area contributed by atoms with Crippen LogP contribution in [0, 0.1) is 0 Å². The molecule has 0 atom stereocenters. The molecule has 14 heavy (non-hydrogen) atoms. The largest absolute Gasteiger partial charge is 0.205 e. The van der Waals surface area contributed by atoms with Crippen molar-refractivity contribution in [3.8, 4) is 0 Å². The number of pyridine rings is 1. The third-order valence-corrected chi connectivity index (χ3v) is 4.69. The second kappa shape index (κ2) is 3.85. The van der Waals surface area contributed by atoms with E-state index in [1.807, 2.05) is 0 Å². The highest BCUT2D eigenvalue weighted by Crippen LogP contribution is 2.09. The van der Waals surface area contributed by atoms with Gasteiger partial charge in [-0.3, -0.25) is 0 Å².